The number of nitrogens with zero attached hydrogens (tertiary/aromatic N) is 3. The van der Waals surface area contributed by atoms with Gasteiger partial charge in [-0.25, -0.2) is 4.79 Å². The molecule has 0 amide bonds. The number of hydrogen-bond donors (Lipinski definition) is 1. The highest BCUT2D eigenvalue weighted by molar-refractivity contribution is 6.35. The van der Waals surface area contributed by atoms with Crippen LogP contribution >= 0.6 is 11.6 Å². The molecule has 1 N–H and O–H groups in total. The highest BCUT2D eigenvalue weighted by Gasteiger charge is 2.15. The zero-order chi connectivity index (χ0) is 14.8. The molecular formula is C14H8ClN3O3. The first kappa shape index (κ1) is 13.3. The molecule has 1 aromatic carbocycles. The second kappa shape index (κ2) is 5.34. The molecule has 3 rings (SSSR count). The third-order valence-corrected chi connectivity index (χ3v) is 3.13. The summed E-state index contributed by atoms with van der Waals surface area (Å²) in [5.41, 5.74) is 0.441. The van der Waals surface area contributed by atoms with Crippen molar-refractivity contribution >= 4 is 28.5 Å². The fourth-order valence-electron chi connectivity index (χ4n) is 1.86. The van der Waals surface area contributed by atoms with Crippen LogP contribution in [0.1, 0.15) is 10.4 Å². The molecule has 0 spiro atoms. The summed E-state index contributed by atoms with van der Waals surface area (Å²) in [7, 11) is 0. The maximum Gasteiger partial charge on any atom is 0.341 e. The Hall–Kier alpha value is -2.73. The lowest BCUT2D eigenvalue weighted by Crippen LogP contribution is -2.03. The number of benzene rings is 1. The van der Waals surface area contributed by atoms with Crippen LogP contribution < -0.4 is 4.74 Å². The van der Waals surface area contributed by atoms with Gasteiger partial charge < -0.3 is 9.84 Å². The number of aromatic nitrogens is 3. The van der Waals surface area contributed by atoms with E-state index in [2.05, 4.69) is 15.2 Å². The summed E-state index contributed by atoms with van der Waals surface area (Å²) < 4.78 is 5.56. The van der Waals surface area contributed by atoms with E-state index in [0.717, 1.165) is 0 Å². The predicted octanol–water partition coefficient (Wildman–Crippen LogP) is 3.17. The highest BCUT2D eigenvalue weighted by Crippen LogP contribution is 2.32. The van der Waals surface area contributed by atoms with Gasteiger partial charge >= 0.3 is 5.97 Å². The van der Waals surface area contributed by atoms with Crippen molar-refractivity contribution in [2.75, 3.05) is 0 Å². The molecule has 0 saturated heterocycles. The second-order valence-electron chi connectivity index (χ2n) is 4.10. The van der Waals surface area contributed by atoms with Crippen LogP contribution in [-0.4, -0.2) is 26.3 Å². The van der Waals surface area contributed by atoms with Crippen LogP contribution in [0, 0.1) is 0 Å². The molecule has 21 heavy (non-hydrogen) atoms. The van der Waals surface area contributed by atoms with Crippen LogP contribution in [0.15, 0.2) is 42.7 Å². The Balaban J connectivity index is 2.11. The average Bonchev–Trinajstić information content (AvgIpc) is 2.51. The number of rotatable bonds is 3. The lowest BCUT2D eigenvalue weighted by Gasteiger charge is -2.09. The topological polar surface area (TPSA) is 85.2 Å². The molecule has 0 bridgehead atoms. The molecule has 0 fully saturated rings. The smallest absolute Gasteiger partial charge is 0.341 e. The summed E-state index contributed by atoms with van der Waals surface area (Å²) >= 11 is 6.10. The van der Waals surface area contributed by atoms with Crippen molar-refractivity contribution in [3.63, 3.8) is 0 Å². The molecule has 0 aliphatic heterocycles. The van der Waals surface area contributed by atoms with Gasteiger partial charge in [-0.1, -0.05) is 11.6 Å². The van der Waals surface area contributed by atoms with Gasteiger partial charge in [0.25, 0.3) is 5.88 Å². The van der Waals surface area contributed by atoms with Gasteiger partial charge in [0, 0.05) is 11.6 Å². The van der Waals surface area contributed by atoms with E-state index in [1.165, 1.54) is 12.3 Å². The zero-order valence-electron chi connectivity index (χ0n) is 10.5. The van der Waals surface area contributed by atoms with Crippen LogP contribution in [0.25, 0.3) is 10.9 Å². The largest absolute Gasteiger partial charge is 0.477 e. The van der Waals surface area contributed by atoms with Crippen LogP contribution in [0.3, 0.4) is 0 Å². The minimum absolute atomic E-state index is 0.0796. The second-order valence-corrected chi connectivity index (χ2v) is 4.51. The van der Waals surface area contributed by atoms with E-state index >= 15 is 0 Å². The number of aromatic carboxylic acids is 1. The first-order valence-electron chi connectivity index (χ1n) is 5.93. The molecule has 6 nitrogen and oxygen atoms in total. The van der Waals surface area contributed by atoms with Crippen molar-refractivity contribution in [2.45, 2.75) is 0 Å². The molecule has 0 radical (unpaired) electrons. The Morgan fingerprint density at radius 2 is 2.05 bits per heavy atom. The van der Waals surface area contributed by atoms with E-state index in [1.54, 1.807) is 30.5 Å². The average molecular weight is 302 g/mol. The Labute approximate surface area is 124 Å². The van der Waals surface area contributed by atoms with Gasteiger partial charge in [0.2, 0.25) is 0 Å². The summed E-state index contributed by atoms with van der Waals surface area (Å²) in [6.07, 6.45) is 2.88. The van der Waals surface area contributed by atoms with Crippen LogP contribution in [0.5, 0.6) is 11.6 Å². The van der Waals surface area contributed by atoms with Crippen molar-refractivity contribution in [3.05, 3.63) is 53.3 Å². The predicted molar refractivity (Wildman–Crippen MR) is 75.8 cm³/mol. The zero-order valence-corrected chi connectivity index (χ0v) is 11.3. The Kier molecular flexibility index (Phi) is 3.37. The summed E-state index contributed by atoms with van der Waals surface area (Å²) in [6.45, 7) is 0. The van der Waals surface area contributed by atoms with Gasteiger partial charge in [-0.15, -0.1) is 5.10 Å². The van der Waals surface area contributed by atoms with Gasteiger partial charge in [0.05, 0.1) is 11.2 Å². The number of carbonyl (C=O) groups is 1. The molecule has 0 atom stereocenters. The normalized spacial score (nSPS) is 10.5. The molecule has 2 aromatic heterocycles. The van der Waals surface area contributed by atoms with Crippen molar-refractivity contribution in [3.8, 4) is 11.6 Å². The summed E-state index contributed by atoms with van der Waals surface area (Å²) in [5.74, 6) is -0.886. The molecule has 2 heterocycles. The molecule has 7 heteroatoms. The van der Waals surface area contributed by atoms with Crippen LogP contribution in [-0.2, 0) is 0 Å². The molecule has 0 unspecified atom stereocenters. The van der Waals surface area contributed by atoms with Gasteiger partial charge in [-0.3, -0.25) is 4.98 Å². The van der Waals surface area contributed by atoms with Crippen LogP contribution in [0.4, 0.5) is 0 Å². The number of carboxylic acid groups (broad SMARTS) is 1. The van der Waals surface area contributed by atoms with E-state index in [0.29, 0.717) is 21.7 Å². The number of fused-ring (bicyclic) bond motifs is 1. The van der Waals surface area contributed by atoms with E-state index < -0.39 is 5.97 Å². The quantitative estimate of drug-likeness (QED) is 0.799. The minimum Gasteiger partial charge on any atom is -0.477 e. The fourth-order valence-corrected chi connectivity index (χ4v) is 2.07. The van der Waals surface area contributed by atoms with Crippen molar-refractivity contribution < 1.29 is 14.6 Å². The van der Waals surface area contributed by atoms with E-state index in [1.807, 2.05) is 0 Å². The molecular weight excluding hydrogens is 294 g/mol. The molecule has 104 valence electrons. The standard InChI is InChI=1S/C14H8ClN3O3/c15-10-3-4-11(12-8(10)2-1-6-16-12)21-13-9(14(19)20)5-7-17-18-13/h1-7H,(H,19,20). The summed E-state index contributed by atoms with van der Waals surface area (Å²) in [4.78, 5) is 15.4. The lowest BCUT2D eigenvalue weighted by molar-refractivity contribution is 0.0693. The van der Waals surface area contributed by atoms with Crippen LogP contribution in [0.2, 0.25) is 5.02 Å². The number of carboxylic acids is 1. The van der Waals surface area contributed by atoms with Gasteiger partial charge in [0.1, 0.15) is 11.1 Å². The van der Waals surface area contributed by atoms with Gasteiger partial charge in [-0.2, -0.15) is 5.10 Å². The lowest BCUT2D eigenvalue weighted by atomic mass is 10.2. The molecule has 0 saturated carbocycles. The SMILES string of the molecule is O=C(O)c1ccnnc1Oc1ccc(Cl)c2cccnc12. The Morgan fingerprint density at radius 1 is 1.19 bits per heavy atom. The number of hydrogen-bond acceptors (Lipinski definition) is 5. The number of halogens is 1. The molecule has 0 aliphatic rings. The monoisotopic (exact) mass is 301 g/mol. The Bertz CT molecular complexity index is 839. The first-order chi connectivity index (χ1) is 10.2. The minimum atomic E-state index is -1.15. The third-order valence-electron chi connectivity index (χ3n) is 2.80. The van der Waals surface area contributed by atoms with Crippen molar-refractivity contribution in [1.82, 2.24) is 15.2 Å². The number of ether oxygens (including phenoxy) is 1. The maximum absolute atomic E-state index is 11.1. The molecule has 3 aromatic rings. The van der Waals surface area contributed by atoms with Gasteiger partial charge in [0.15, 0.2) is 5.75 Å². The van der Waals surface area contributed by atoms with Gasteiger partial charge in [-0.05, 0) is 30.3 Å². The van der Waals surface area contributed by atoms with E-state index in [-0.39, 0.29) is 11.4 Å². The third kappa shape index (κ3) is 2.48. The Morgan fingerprint density at radius 3 is 2.86 bits per heavy atom. The van der Waals surface area contributed by atoms with Crippen molar-refractivity contribution in [1.29, 1.82) is 0 Å². The highest BCUT2D eigenvalue weighted by atomic mass is 35.5. The van der Waals surface area contributed by atoms with Crippen molar-refractivity contribution in [2.24, 2.45) is 0 Å². The first-order valence-corrected chi connectivity index (χ1v) is 6.30. The molecule has 0 aliphatic carbocycles. The van der Waals surface area contributed by atoms with E-state index in [4.69, 9.17) is 21.4 Å². The summed E-state index contributed by atoms with van der Waals surface area (Å²) in [5, 5.41) is 17.7. The number of pyridine rings is 1. The summed E-state index contributed by atoms with van der Waals surface area (Å²) in [6, 6.07) is 8.13. The fraction of sp³-hybridized carbons (Fsp3) is 0. The van der Waals surface area contributed by atoms with E-state index in [9.17, 15) is 4.79 Å². The maximum atomic E-state index is 11.1.